The first-order valence-corrected chi connectivity index (χ1v) is 7.77. The van der Waals surface area contributed by atoms with Gasteiger partial charge in [-0.1, -0.05) is 44.2 Å². The molecule has 1 amide bonds. The van der Waals surface area contributed by atoms with E-state index in [4.69, 9.17) is 4.74 Å². The number of rotatable bonds is 7. The summed E-state index contributed by atoms with van der Waals surface area (Å²) in [5.74, 6) is 0.949. The molecule has 5 nitrogen and oxygen atoms in total. The van der Waals surface area contributed by atoms with Crippen LogP contribution in [-0.4, -0.2) is 47.6 Å². The topological polar surface area (TPSA) is 55.3 Å². The lowest BCUT2D eigenvalue weighted by Crippen LogP contribution is -2.36. The van der Waals surface area contributed by atoms with E-state index < -0.39 is 0 Å². The van der Waals surface area contributed by atoms with Crippen molar-refractivity contribution in [3.05, 3.63) is 48.3 Å². The van der Waals surface area contributed by atoms with Gasteiger partial charge in [-0.2, -0.15) is 0 Å². The number of amides is 1. The number of ether oxygens (including phenoxy) is 1. The van der Waals surface area contributed by atoms with E-state index in [1.807, 2.05) is 30.3 Å². The van der Waals surface area contributed by atoms with Gasteiger partial charge in [0, 0.05) is 38.2 Å². The number of nitrogens with zero attached hydrogens (tertiary/aromatic N) is 3. The molecule has 0 aliphatic rings. The molecule has 0 aliphatic heterocycles. The van der Waals surface area contributed by atoms with E-state index in [2.05, 4.69) is 23.8 Å². The second kappa shape index (κ2) is 8.39. The number of carbonyl (C=O) groups excluding carboxylic acids is 1. The highest BCUT2D eigenvalue weighted by atomic mass is 16.5. The van der Waals surface area contributed by atoms with E-state index in [-0.39, 0.29) is 5.91 Å². The molecule has 122 valence electrons. The molecule has 1 aromatic heterocycles. The maximum absolute atomic E-state index is 12.6. The Morgan fingerprint density at radius 1 is 1.17 bits per heavy atom. The number of methoxy groups -OCH3 is 1. The second-order valence-corrected chi connectivity index (χ2v) is 5.80. The average Bonchev–Trinajstić information content (AvgIpc) is 2.58. The number of hydrogen-bond acceptors (Lipinski definition) is 4. The molecule has 0 saturated heterocycles. The highest BCUT2D eigenvalue weighted by Crippen LogP contribution is 2.14. The van der Waals surface area contributed by atoms with Crippen molar-refractivity contribution >= 4 is 5.91 Å². The van der Waals surface area contributed by atoms with Crippen LogP contribution in [0.4, 0.5) is 0 Å². The molecule has 0 aliphatic carbocycles. The third-order valence-electron chi connectivity index (χ3n) is 3.37. The standard InChI is InChI=1S/C18H23N3O2/c1-14(2)13-21(9-10-23-3)18(22)16-11-19-17(20-12-16)15-7-5-4-6-8-15/h4-8,11-12,14H,9-10,13H2,1-3H3. The van der Waals surface area contributed by atoms with Crippen molar-refractivity contribution in [3.63, 3.8) is 0 Å². The van der Waals surface area contributed by atoms with Crippen molar-refractivity contribution in [2.75, 3.05) is 26.8 Å². The SMILES string of the molecule is COCCN(CC(C)C)C(=O)c1cnc(-c2ccccc2)nc1. The van der Waals surface area contributed by atoms with Crippen molar-refractivity contribution < 1.29 is 9.53 Å². The van der Waals surface area contributed by atoms with Crippen LogP contribution in [0.25, 0.3) is 11.4 Å². The minimum Gasteiger partial charge on any atom is -0.383 e. The van der Waals surface area contributed by atoms with Crippen LogP contribution in [0.1, 0.15) is 24.2 Å². The lowest BCUT2D eigenvalue weighted by molar-refractivity contribution is 0.0671. The summed E-state index contributed by atoms with van der Waals surface area (Å²) >= 11 is 0. The fourth-order valence-electron chi connectivity index (χ4n) is 2.28. The van der Waals surface area contributed by atoms with E-state index in [1.54, 1.807) is 24.4 Å². The van der Waals surface area contributed by atoms with Crippen LogP contribution < -0.4 is 0 Å². The summed E-state index contributed by atoms with van der Waals surface area (Å²) in [6, 6.07) is 9.71. The fraction of sp³-hybridized carbons (Fsp3) is 0.389. The Morgan fingerprint density at radius 2 is 1.83 bits per heavy atom. The van der Waals surface area contributed by atoms with Gasteiger partial charge in [0.1, 0.15) is 0 Å². The van der Waals surface area contributed by atoms with Crippen molar-refractivity contribution in [2.45, 2.75) is 13.8 Å². The van der Waals surface area contributed by atoms with Gasteiger partial charge in [-0.05, 0) is 5.92 Å². The smallest absolute Gasteiger partial charge is 0.257 e. The van der Waals surface area contributed by atoms with Crippen molar-refractivity contribution in [3.8, 4) is 11.4 Å². The van der Waals surface area contributed by atoms with E-state index in [9.17, 15) is 4.79 Å². The number of aromatic nitrogens is 2. The van der Waals surface area contributed by atoms with E-state index in [0.29, 0.717) is 37.0 Å². The molecule has 0 atom stereocenters. The predicted octanol–water partition coefficient (Wildman–Crippen LogP) is 2.89. The summed E-state index contributed by atoms with van der Waals surface area (Å²) in [7, 11) is 1.63. The second-order valence-electron chi connectivity index (χ2n) is 5.80. The molecule has 0 fully saturated rings. The van der Waals surface area contributed by atoms with Crippen LogP contribution in [0.15, 0.2) is 42.7 Å². The molecule has 0 N–H and O–H groups in total. The molecule has 23 heavy (non-hydrogen) atoms. The predicted molar refractivity (Wildman–Crippen MR) is 90.1 cm³/mol. The first-order valence-electron chi connectivity index (χ1n) is 7.77. The number of hydrogen-bond donors (Lipinski definition) is 0. The summed E-state index contributed by atoms with van der Waals surface area (Å²) in [6.07, 6.45) is 3.19. The zero-order chi connectivity index (χ0) is 16.7. The number of benzene rings is 1. The number of carbonyl (C=O) groups is 1. The Hall–Kier alpha value is -2.27. The van der Waals surface area contributed by atoms with Gasteiger partial charge in [0.25, 0.3) is 5.91 Å². The van der Waals surface area contributed by atoms with E-state index >= 15 is 0 Å². The third kappa shape index (κ3) is 4.86. The molecule has 1 heterocycles. The van der Waals surface area contributed by atoms with Crippen LogP contribution in [0.3, 0.4) is 0 Å². The molecule has 5 heteroatoms. The zero-order valence-electron chi connectivity index (χ0n) is 13.9. The van der Waals surface area contributed by atoms with Gasteiger partial charge in [-0.3, -0.25) is 4.79 Å². The largest absolute Gasteiger partial charge is 0.383 e. The molecule has 0 radical (unpaired) electrons. The highest BCUT2D eigenvalue weighted by molar-refractivity contribution is 5.93. The summed E-state index contributed by atoms with van der Waals surface area (Å²) in [5, 5.41) is 0. The molecule has 0 unspecified atom stereocenters. The maximum atomic E-state index is 12.6. The Morgan fingerprint density at radius 3 is 2.39 bits per heavy atom. The minimum atomic E-state index is -0.0599. The van der Waals surface area contributed by atoms with Gasteiger partial charge in [0.2, 0.25) is 0 Å². The normalized spacial score (nSPS) is 10.8. The van der Waals surface area contributed by atoms with Crippen molar-refractivity contribution in [2.24, 2.45) is 5.92 Å². The molecule has 2 rings (SSSR count). The van der Waals surface area contributed by atoms with E-state index in [0.717, 1.165) is 5.56 Å². The molecular weight excluding hydrogens is 290 g/mol. The van der Waals surface area contributed by atoms with Gasteiger partial charge in [-0.15, -0.1) is 0 Å². The molecule has 0 saturated carbocycles. The van der Waals surface area contributed by atoms with Gasteiger partial charge in [0.05, 0.1) is 12.2 Å². The average molecular weight is 313 g/mol. The monoisotopic (exact) mass is 313 g/mol. The van der Waals surface area contributed by atoms with Crippen LogP contribution in [-0.2, 0) is 4.74 Å². The van der Waals surface area contributed by atoms with Crippen LogP contribution >= 0.6 is 0 Å². The Bertz CT molecular complexity index is 612. The van der Waals surface area contributed by atoms with Crippen molar-refractivity contribution in [1.29, 1.82) is 0 Å². The Balaban J connectivity index is 2.14. The molecule has 0 spiro atoms. The fourth-order valence-corrected chi connectivity index (χ4v) is 2.28. The molecule has 2 aromatic rings. The van der Waals surface area contributed by atoms with E-state index in [1.165, 1.54) is 0 Å². The van der Waals surface area contributed by atoms with Crippen molar-refractivity contribution in [1.82, 2.24) is 14.9 Å². The third-order valence-corrected chi connectivity index (χ3v) is 3.37. The first-order chi connectivity index (χ1) is 11.1. The molecular formula is C18H23N3O2. The van der Waals surface area contributed by atoms with Gasteiger partial charge < -0.3 is 9.64 Å². The quantitative estimate of drug-likeness (QED) is 0.788. The molecule has 1 aromatic carbocycles. The minimum absolute atomic E-state index is 0.0599. The summed E-state index contributed by atoms with van der Waals surface area (Å²) < 4.78 is 5.09. The summed E-state index contributed by atoms with van der Waals surface area (Å²) in [5.41, 5.74) is 1.44. The zero-order valence-corrected chi connectivity index (χ0v) is 13.9. The van der Waals surface area contributed by atoms with Gasteiger partial charge >= 0.3 is 0 Å². The van der Waals surface area contributed by atoms with Crippen LogP contribution in [0.2, 0.25) is 0 Å². The molecule has 0 bridgehead atoms. The first kappa shape index (κ1) is 17.1. The lowest BCUT2D eigenvalue weighted by Gasteiger charge is -2.24. The van der Waals surface area contributed by atoms with Gasteiger partial charge in [0.15, 0.2) is 5.82 Å². The summed E-state index contributed by atoms with van der Waals surface area (Å²) in [6.45, 7) is 5.93. The highest BCUT2D eigenvalue weighted by Gasteiger charge is 2.17. The Kier molecular flexibility index (Phi) is 6.23. The maximum Gasteiger partial charge on any atom is 0.257 e. The van der Waals surface area contributed by atoms with Gasteiger partial charge in [-0.25, -0.2) is 9.97 Å². The van der Waals surface area contributed by atoms with Crippen LogP contribution in [0, 0.1) is 5.92 Å². The Labute approximate surface area is 137 Å². The lowest BCUT2D eigenvalue weighted by atomic mass is 10.2. The van der Waals surface area contributed by atoms with Crippen LogP contribution in [0.5, 0.6) is 0 Å². The summed E-state index contributed by atoms with van der Waals surface area (Å²) in [4.78, 5) is 23.1.